The highest BCUT2D eigenvalue weighted by atomic mass is 16.4. The number of aliphatic hydroxyl groups excluding tert-OH is 1. The number of amides is 1. The molecule has 24 heavy (non-hydrogen) atoms. The Hall–Kier alpha value is -2.86. The van der Waals surface area contributed by atoms with Gasteiger partial charge in [-0.25, -0.2) is 0 Å². The first-order valence-electron chi connectivity index (χ1n) is 7.60. The average molecular weight is 327 g/mol. The number of rotatable bonds is 5. The maximum Gasteiger partial charge on any atom is 0.287 e. The quantitative estimate of drug-likeness (QED) is 0.751. The lowest BCUT2D eigenvalue weighted by Crippen LogP contribution is -2.34. The minimum absolute atomic E-state index is 0.0574. The van der Waals surface area contributed by atoms with Crippen LogP contribution in [0.1, 0.15) is 35.8 Å². The fourth-order valence-corrected chi connectivity index (χ4v) is 2.50. The lowest BCUT2D eigenvalue weighted by Gasteiger charge is -2.16. The molecule has 3 rings (SSSR count). The Balaban J connectivity index is 1.71. The van der Waals surface area contributed by atoms with Crippen LogP contribution in [0.3, 0.4) is 0 Å². The second-order valence-electron chi connectivity index (χ2n) is 5.61. The molecule has 0 aliphatic rings. The van der Waals surface area contributed by atoms with E-state index in [0.29, 0.717) is 16.7 Å². The third-order valence-corrected chi connectivity index (χ3v) is 3.68. The fraction of sp³-hybridized carbons (Fsp3) is 0.222. The number of aliphatic hydroxyl groups is 1. The van der Waals surface area contributed by atoms with Crippen LogP contribution >= 0.6 is 0 Å². The van der Waals surface area contributed by atoms with Gasteiger partial charge in [-0.1, -0.05) is 12.1 Å². The highest BCUT2D eigenvalue weighted by Gasteiger charge is 2.19. The molecule has 0 fully saturated rings. The molecule has 1 amide bonds. The zero-order chi connectivity index (χ0) is 17.1. The van der Waals surface area contributed by atoms with Crippen LogP contribution in [0.4, 0.5) is 0 Å². The van der Waals surface area contributed by atoms with Crippen molar-refractivity contribution >= 4 is 16.9 Å². The second-order valence-corrected chi connectivity index (χ2v) is 5.61. The van der Waals surface area contributed by atoms with Gasteiger partial charge in [0.05, 0.1) is 11.6 Å². The summed E-state index contributed by atoms with van der Waals surface area (Å²) in [6.07, 6.45) is 0.932. The summed E-state index contributed by atoms with van der Waals surface area (Å²) in [7, 11) is 0. The maximum absolute atomic E-state index is 12.3. The lowest BCUT2D eigenvalue weighted by molar-refractivity contribution is 0.0877. The number of hydrogen-bond donors (Lipinski definition) is 2. The minimum atomic E-state index is -0.820. The van der Waals surface area contributed by atoms with Crippen LogP contribution in [-0.2, 0) is 0 Å². The molecule has 0 bridgehead atoms. The Morgan fingerprint density at radius 2 is 2.04 bits per heavy atom. The molecule has 0 saturated heterocycles. The van der Waals surface area contributed by atoms with Crippen molar-refractivity contribution in [3.63, 3.8) is 0 Å². The maximum atomic E-state index is 12.3. The first-order valence-corrected chi connectivity index (χ1v) is 7.60. The van der Waals surface area contributed by atoms with Crippen molar-refractivity contribution in [2.24, 2.45) is 0 Å². The van der Waals surface area contributed by atoms with Gasteiger partial charge in [-0.15, -0.1) is 0 Å². The van der Waals surface area contributed by atoms with E-state index in [4.69, 9.17) is 8.83 Å². The van der Waals surface area contributed by atoms with Gasteiger partial charge in [0.25, 0.3) is 5.91 Å². The van der Waals surface area contributed by atoms with Crippen LogP contribution < -0.4 is 10.7 Å². The van der Waals surface area contributed by atoms with Crippen LogP contribution in [0.5, 0.6) is 0 Å². The molecule has 2 atom stereocenters. The van der Waals surface area contributed by atoms with Gasteiger partial charge in [0.1, 0.15) is 17.4 Å². The Kier molecular flexibility index (Phi) is 4.48. The molecule has 2 N–H and O–H groups in total. The van der Waals surface area contributed by atoms with Crippen molar-refractivity contribution in [1.29, 1.82) is 0 Å². The van der Waals surface area contributed by atoms with E-state index in [2.05, 4.69) is 5.32 Å². The van der Waals surface area contributed by atoms with Gasteiger partial charge in [-0.05, 0) is 31.2 Å². The molecule has 124 valence electrons. The summed E-state index contributed by atoms with van der Waals surface area (Å²) in [6, 6.07) is 10.9. The van der Waals surface area contributed by atoms with Gasteiger partial charge in [0.15, 0.2) is 11.2 Å². The number of carbonyl (C=O) groups excluding carboxylic acids is 1. The summed E-state index contributed by atoms with van der Waals surface area (Å²) in [4.78, 5) is 24.3. The summed E-state index contributed by atoms with van der Waals surface area (Å²) < 4.78 is 10.6. The largest absolute Gasteiger partial charge is 0.467 e. The topological polar surface area (TPSA) is 92.7 Å². The zero-order valence-electron chi connectivity index (χ0n) is 13.1. The summed E-state index contributed by atoms with van der Waals surface area (Å²) >= 11 is 0. The highest BCUT2D eigenvalue weighted by Crippen LogP contribution is 2.19. The Morgan fingerprint density at radius 3 is 2.79 bits per heavy atom. The Morgan fingerprint density at radius 1 is 1.25 bits per heavy atom. The molecule has 1 aromatic carbocycles. The summed E-state index contributed by atoms with van der Waals surface area (Å²) in [5.74, 6) is -0.122. The van der Waals surface area contributed by atoms with Crippen molar-refractivity contribution < 1.29 is 18.7 Å². The summed E-state index contributed by atoms with van der Waals surface area (Å²) in [5, 5.41) is 13.2. The van der Waals surface area contributed by atoms with Crippen LogP contribution in [0.2, 0.25) is 0 Å². The SMILES string of the molecule is CC(CC(O)c1ccco1)NC(=O)c1cc(=O)c2ccccc2o1. The van der Waals surface area contributed by atoms with E-state index < -0.39 is 12.0 Å². The number of hydrogen-bond acceptors (Lipinski definition) is 5. The molecule has 6 nitrogen and oxygen atoms in total. The van der Waals surface area contributed by atoms with E-state index in [9.17, 15) is 14.7 Å². The Bertz CT molecular complexity index is 897. The van der Waals surface area contributed by atoms with Crippen molar-refractivity contribution in [2.45, 2.75) is 25.5 Å². The monoisotopic (exact) mass is 327 g/mol. The third kappa shape index (κ3) is 3.38. The molecular weight excluding hydrogens is 310 g/mol. The number of fused-ring (bicyclic) bond motifs is 1. The van der Waals surface area contributed by atoms with Crippen molar-refractivity contribution in [1.82, 2.24) is 5.32 Å². The molecule has 6 heteroatoms. The predicted molar refractivity (Wildman–Crippen MR) is 87.7 cm³/mol. The van der Waals surface area contributed by atoms with Crippen molar-refractivity contribution in [2.75, 3.05) is 0 Å². The number of furan rings is 1. The first-order chi connectivity index (χ1) is 11.5. The molecule has 0 spiro atoms. The van der Waals surface area contributed by atoms with Crippen LogP contribution in [0.25, 0.3) is 11.0 Å². The number of nitrogens with one attached hydrogen (secondary N) is 1. The van der Waals surface area contributed by atoms with E-state index >= 15 is 0 Å². The highest BCUT2D eigenvalue weighted by molar-refractivity contribution is 5.93. The van der Waals surface area contributed by atoms with Crippen LogP contribution in [0, 0.1) is 0 Å². The Labute approximate surface area is 137 Å². The lowest BCUT2D eigenvalue weighted by atomic mass is 10.1. The fourth-order valence-electron chi connectivity index (χ4n) is 2.50. The molecule has 2 aromatic heterocycles. The first kappa shape index (κ1) is 16.0. The van der Waals surface area contributed by atoms with E-state index in [1.165, 1.54) is 12.3 Å². The van der Waals surface area contributed by atoms with Gasteiger partial charge >= 0.3 is 0 Å². The number of para-hydroxylation sites is 1. The predicted octanol–water partition coefficient (Wildman–Crippen LogP) is 2.63. The standard InChI is InChI=1S/C18H17NO5/c1-11(9-14(21)16-7-4-8-23-16)19-18(22)17-10-13(20)12-5-2-3-6-15(12)24-17/h2-8,10-11,14,21H,9H2,1H3,(H,19,22). The average Bonchev–Trinajstić information content (AvgIpc) is 3.09. The molecule has 0 radical (unpaired) electrons. The van der Waals surface area contributed by atoms with Crippen molar-refractivity contribution in [3.05, 3.63) is 70.5 Å². The minimum Gasteiger partial charge on any atom is -0.467 e. The molecule has 0 aliphatic heterocycles. The van der Waals surface area contributed by atoms with Crippen LogP contribution in [-0.4, -0.2) is 17.1 Å². The van der Waals surface area contributed by atoms with Gasteiger partial charge in [0, 0.05) is 18.5 Å². The molecular formula is C18H17NO5. The second kappa shape index (κ2) is 6.72. The smallest absolute Gasteiger partial charge is 0.287 e. The van der Waals surface area contributed by atoms with E-state index in [1.54, 1.807) is 43.3 Å². The van der Waals surface area contributed by atoms with Gasteiger partial charge in [0.2, 0.25) is 0 Å². The number of carbonyl (C=O) groups is 1. The van der Waals surface area contributed by atoms with Gasteiger partial charge < -0.3 is 19.3 Å². The molecule has 0 saturated carbocycles. The summed E-state index contributed by atoms with van der Waals surface area (Å²) in [6.45, 7) is 1.75. The third-order valence-electron chi connectivity index (χ3n) is 3.68. The van der Waals surface area contributed by atoms with Crippen molar-refractivity contribution in [3.8, 4) is 0 Å². The summed E-state index contributed by atoms with van der Waals surface area (Å²) in [5.41, 5.74) is 0.0868. The van der Waals surface area contributed by atoms with Gasteiger partial charge in [-0.3, -0.25) is 9.59 Å². The zero-order valence-corrected chi connectivity index (χ0v) is 13.1. The normalized spacial score (nSPS) is 13.6. The molecule has 2 heterocycles. The molecule has 2 unspecified atom stereocenters. The van der Waals surface area contributed by atoms with E-state index in [0.717, 1.165) is 0 Å². The number of benzene rings is 1. The molecule has 3 aromatic rings. The van der Waals surface area contributed by atoms with E-state index in [-0.39, 0.29) is 23.7 Å². The van der Waals surface area contributed by atoms with Crippen LogP contribution in [0.15, 0.2) is 62.4 Å². The molecule has 0 aliphatic carbocycles. The van der Waals surface area contributed by atoms with Gasteiger partial charge in [-0.2, -0.15) is 0 Å². The van der Waals surface area contributed by atoms with E-state index in [1.807, 2.05) is 0 Å².